The highest BCUT2D eigenvalue weighted by molar-refractivity contribution is 7.91. The van der Waals surface area contributed by atoms with E-state index < -0.39 is 44.9 Å². The number of sulfonamides is 1. The minimum atomic E-state index is -3.95. The molecule has 2 saturated heterocycles. The number of hydrogen-bond acceptors (Lipinski definition) is 6. The molecule has 0 radical (unpaired) electrons. The smallest absolute Gasteiger partial charge is 0.233 e. The number of nitrogens with one attached hydrogen (secondary N) is 1. The number of amides is 1. The van der Waals surface area contributed by atoms with Crippen LogP contribution in [0.25, 0.3) is 0 Å². The molecule has 3 fully saturated rings. The minimum Gasteiger partial charge on any atom is -0.395 e. The summed E-state index contributed by atoms with van der Waals surface area (Å²) in [6.07, 6.45) is 0.695. The van der Waals surface area contributed by atoms with E-state index >= 15 is 0 Å². The first kappa shape index (κ1) is 21.4. The number of aliphatic hydroxyl groups excluding tert-OH is 1. The van der Waals surface area contributed by atoms with Crippen LogP contribution >= 0.6 is 0 Å². The van der Waals surface area contributed by atoms with Crippen LogP contribution in [0.3, 0.4) is 0 Å². The van der Waals surface area contributed by atoms with Gasteiger partial charge in [-0.15, -0.1) is 0 Å². The van der Waals surface area contributed by atoms with Gasteiger partial charge in [0.25, 0.3) is 0 Å². The molecule has 1 saturated carbocycles. The van der Waals surface area contributed by atoms with Gasteiger partial charge in [-0.05, 0) is 51.3 Å². The van der Waals surface area contributed by atoms with Gasteiger partial charge in [-0.2, -0.15) is 0 Å². The van der Waals surface area contributed by atoms with Crippen molar-refractivity contribution in [2.75, 3.05) is 19.8 Å². The van der Waals surface area contributed by atoms with Gasteiger partial charge in [-0.1, -0.05) is 6.07 Å². The van der Waals surface area contributed by atoms with Crippen LogP contribution < -0.4 is 4.72 Å². The van der Waals surface area contributed by atoms with Gasteiger partial charge >= 0.3 is 0 Å². The maximum atomic E-state index is 14.5. The highest BCUT2D eigenvalue weighted by Gasteiger charge is 2.61. The molecule has 1 aromatic carbocycles. The number of aryl methyl sites for hydroxylation is 1. The average Bonchev–Trinajstić information content (AvgIpc) is 3.41. The molecule has 4 rings (SSSR count). The maximum Gasteiger partial charge on any atom is 0.233 e. The Morgan fingerprint density at radius 3 is 2.70 bits per heavy atom. The number of carbonyl (C=O) groups is 1. The van der Waals surface area contributed by atoms with Crippen molar-refractivity contribution in [2.45, 2.75) is 50.1 Å². The molecule has 8 nitrogen and oxygen atoms in total. The zero-order chi connectivity index (χ0) is 21.9. The first-order valence-electron chi connectivity index (χ1n) is 9.97. The van der Waals surface area contributed by atoms with Gasteiger partial charge in [0.05, 0.1) is 30.5 Å². The third kappa shape index (κ3) is 3.17. The van der Waals surface area contributed by atoms with Crippen molar-refractivity contribution >= 4 is 27.3 Å². The van der Waals surface area contributed by atoms with Crippen LogP contribution in [0.5, 0.6) is 0 Å². The second-order valence-electron chi connectivity index (χ2n) is 8.50. The number of halogens is 1. The lowest BCUT2D eigenvalue weighted by Crippen LogP contribution is -2.70. The number of fused-ring (bicyclic) bond motifs is 1. The molecule has 3 unspecified atom stereocenters. The van der Waals surface area contributed by atoms with E-state index in [0.717, 1.165) is 5.56 Å². The molecule has 1 amide bonds. The second kappa shape index (κ2) is 7.08. The first-order chi connectivity index (χ1) is 14.0. The van der Waals surface area contributed by atoms with Crippen molar-refractivity contribution in [1.82, 2.24) is 9.62 Å². The summed E-state index contributed by atoms with van der Waals surface area (Å²) in [4.78, 5) is 18.9. The molecule has 1 aromatic rings. The van der Waals surface area contributed by atoms with E-state index in [-0.39, 0.29) is 23.9 Å². The number of piperidine rings is 1. The van der Waals surface area contributed by atoms with Crippen LogP contribution in [0.1, 0.15) is 32.3 Å². The van der Waals surface area contributed by atoms with Crippen molar-refractivity contribution in [3.8, 4) is 0 Å². The summed E-state index contributed by atoms with van der Waals surface area (Å²) >= 11 is 0. The summed E-state index contributed by atoms with van der Waals surface area (Å²) in [7, 11) is -3.95. The standard InChI is InChI=1S/C20H26FN3O5S/c1-12-4-5-15(14(21)10-12)22-16-13(2)18(26)24-8-9-29-19(24,3)17(16)23-30(27,28)20(11-25)6-7-20/h4-5,10,13,17,23,25H,6-9,11H2,1-3H3. The number of nitrogens with zero attached hydrogens (tertiary/aromatic N) is 2. The van der Waals surface area contributed by atoms with Crippen LogP contribution in [0, 0.1) is 18.7 Å². The molecule has 0 aromatic heterocycles. The van der Waals surface area contributed by atoms with Gasteiger partial charge in [0.15, 0.2) is 5.72 Å². The SMILES string of the molecule is Cc1ccc(N=C2C(C)C(=O)N3CCOC3(C)C2NS(=O)(=O)C2(CO)CC2)c(F)c1. The molecule has 2 aliphatic heterocycles. The Morgan fingerprint density at radius 1 is 1.40 bits per heavy atom. The van der Waals surface area contributed by atoms with Gasteiger partial charge in [0.2, 0.25) is 15.9 Å². The highest BCUT2D eigenvalue weighted by Crippen LogP contribution is 2.44. The maximum absolute atomic E-state index is 14.5. The molecule has 30 heavy (non-hydrogen) atoms. The van der Waals surface area contributed by atoms with E-state index in [2.05, 4.69) is 9.71 Å². The van der Waals surface area contributed by atoms with Crippen molar-refractivity contribution in [3.63, 3.8) is 0 Å². The molecule has 0 spiro atoms. The van der Waals surface area contributed by atoms with Crippen molar-refractivity contribution in [3.05, 3.63) is 29.6 Å². The van der Waals surface area contributed by atoms with Crippen LogP contribution in [0.4, 0.5) is 10.1 Å². The fourth-order valence-corrected chi connectivity index (χ4v) is 5.91. The van der Waals surface area contributed by atoms with Gasteiger partial charge in [-0.25, -0.2) is 17.5 Å². The predicted molar refractivity (Wildman–Crippen MR) is 108 cm³/mol. The lowest BCUT2D eigenvalue weighted by Gasteiger charge is -2.47. The summed E-state index contributed by atoms with van der Waals surface area (Å²) in [6.45, 7) is 5.10. The Kier molecular flexibility index (Phi) is 5.04. The largest absolute Gasteiger partial charge is 0.395 e. The third-order valence-electron chi connectivity index (χ3n) is 6.45. The molecular weight excluding hydrogens is 413 g/mol. The fourth-order valence-electron chi connectivity index (χ4n) is 4.20. The minimum absolute atomic E-state index is 0.0257. The Morgan fingerprint density at radius 2 is 2.10 bits per heavy atom. The van der Waals surface area contributed by atoms with Crippen LogP contribution in [0.2, 0.25) is 0 Å². The van der Waals surface area contributed by atoms with E-state index in [1.165, 1.54) is 17.0 Å². The Bertz CT molecular complexity index is 1020. The topological polar surface area (TPSA) is 108 Å². The van der Waals surface area contributed by atoms with Gasteiger partial charge in [-0.3, -0.25) is 9.79 Å². The molecule has 3 aliphatic rings. The van der Waals surface area contributed by atoms with Gasteiger partial charge in [0, 0.05) is 6.54 Å². The van der Waals surface area contributed by atoms with Crippen LogP contribution in [0.15, 0.2) is 23.2 Å². The molecule has 0 bridgehead atoms. The lowest BCUT2D eigenvalue weighted by molar-refractivity contribution is -0.153. The van der Waals surface area contributed by atoms with E-state index in [4.69, 9.17) is 4.74 Å². The number of ether oxygens (including phenoxy) is 1. The predicted octanol–water partition coefficient (Wildman–Crippen LogP) is 1.24. The normalized spacial score (nSPS) is 31.8. The summed E-state index contributed by atoms with van der Waals surface area (Å²) in [6, 6.07) is 3.52. The first-order valence-corrected chi connectivity index (χ1v) is 11.5. The van der Waals surface area contributed by atoms with Crippen LogP contribution in [-0.4, -0.2) is 66.3 Å². The van der Waals surface area contributed by atoms with E-state index in [1.807, 2.05) is 0 Å². The molecule has 1 aliphatic carbocycles. The summed E-state index contributed by atoms with van der Waals surface area (Å²) in [5.41, 5.74) is -0.349. The summed E-state index contributed by atoms with van der Waals surface area (Å²) < 4.78 is 47.9. The lowest BCUT2D eigenvalue weighted by atomic mass is 9.85. The summed E-state index contributed by atoms with van der Waals surface area (Å²) in [5, 5.41) is 9.64. The molecule has 2 N–H and O–H groups in total. The fraction of sp³-hybridized carbons (Fsp3) is 0.600. The highest BCUT2D eigenvalue weighted by atomic mass is 32.2. The Labute approximate surface area is 175 Å². The number of aliphatic imine (C=N–C) groups is 1. The van der Waals surface area contributed by atoms with Gasteiger partial charge in [0.1, 0.15) is 16.6 Å². The Balaban J connectivity index is 1.82. The number of aliphatic hydroxyl groups is 1. The van der Waals surface area contributed by atoms with E-state index in [0.29, 0.717) is 19.4 Å². The van der Waals surface area contributed by atoms with E-state index in [1.54, 1.807) is 26.8 Å². The number of carbonyl (C=O) groups excluding carboxylic acids is 1. The second-order valence-corrected chi connectivity index (χ2v) is 10.6. The monoisotopic (exact) mass is 439 g/mol. The van der Waals surface area contributed by atoms with Crippen molar-refractivity contribution in [2.24, 2.45) is 10.9 Å². The van der Waals surface area contributed by atoms with E-state index in [9.17, 15) is 22.7 Å². The number of benzene rings is 1. The quantitative estimate of drug-likeness (QED) is 0.718. The molecule has 164 valence electrons. The zero-order valence-electron chi connectivity index (χ0n) is 17.2. The summed E-state index contributed by atoms with van der Waals surface area (Å²) in [5.74, 6) is -1.57. The third-order valence-corrected chi connectivity index (χ3v) is 8.67. The number of rotatable bonds is 5. The average molecular weight is 440 g/mol. The molecule has 2 heterocycles. The number of hydrogen-bond donors (Lipinski definition) is 2. The molecule has 3 atom stereocenters. The van der Waals surface area contributed by atoms with Crippen molar-refractivity contribution in [1.29, 1.82) is 0 Å². The Hall–Kier alpha value is -1.88. The zero-order valence-corrected chi connectivity index (χ0v) is 18.0. The van der Waals surface area contributed by atoms with Crippen LogP contribution in [-0.2, 0) is 19.6 Å². The molecule has 10 heteroatoms. The van der Waals surface area contributed by atoms with Crippen molar-refractivity contribution < 1.29 is 27.4 Å². The molecular formula is C20H26FN3O5S. The van der Waals surface area contributed by atoms with Gasteiger partial charge < -0.3 is 14.7 Å².